The highest BCUT2D eigenvalue weighted by Crippen LogP contribution is 2.34. The summed E-state index contributed by atoms with van der Waals surface area (Å²) in [4.78, 5) is 28.4. The number of carbonyl (C=O) groups excluding carboxylic acids is 2. The summed E-state index contributed by atoms with van der Waals surface area (Å²) in [5.74, 6) is -0.316. The van der Waals surface area contributed by atoms with Crippen molar-refractivity contribution in [3.8, 4) is 11.5 Å². The minimum absolute atomic E-state index is 0.0870. The van der Waals surface area contributed by atoms with Gasteiger partial charge in [0.05, 0.1) is 12.0 Å². The number of carbonyl (C=O) groups is 2. The Morgan fingerprint density at radius 2 is 2.00 bits per heavy atom. The molecule has 8 nitrogen and oxygen atoms in total. The molecule has 1 aromatic carbocycles. The number of halogens is 1. The largest absolute Gasteiger partial charge is 0.308 e. The minimum atomic E-state index is -0.817. The van der Waals surface area contributed by atoms with Crippen LogP contribution in [0.1, 0.15) is 42.5 Å². The smallest absolute Gasteiger partial charge is 0.237 e. The Morgan fingerprint density at radius 1 is 1.25 bits per heavy atom. The third-order valence-electron chi connectivity index (χ3n) is 4.73. The van der Waals surface area contributed by atoms with Gasteiger partial charge >= 0.3 is 0 Å². The van der Waals surface area contributed by atoms with Gasteiger partial charge in [-0.05, 0) is 26.0 Å². The first kappa shape index (κ1) is 17.9. The van der Waals surface area contributed by atoms with E-state index in [-0.39, 0.29) is 29.9 Å². The lowest BCUT2D eigenvalue weighted by atomic mass is 9.91. The second-order valence-corrected chi connectivity index (χ2v) is 7.13. The van der Waals surface area contributed by atoms with Gasteiger partial charge in [-0.25, -0.2) is 9.37 Å². The molecule has 0 radical (unpaired) electrons. The number of nitrogens with zero attached hydrogens (tertiary/aromatic N) is 5. The molecule has 0 saturated heterocycles. The van der Waals surface area contributed by atoms with Gasteiger partial charge in [0.2, 0.25) is 11.7 Å². The lowest BCUT2D eigenvalue weighted by Crippen LogP contribution is -2.27. The van der Waals surface area contributed by atoms with Gasteiger partial charge in [0, 0.05) is 12.5 Å². The molecule has 0 aliphatic carbocycles. The molecule has 0 spiro atoms. The predicted octanol–water partition coefficient (Wildman–Crippen LogP) is 2.35. The number of fused-ring (bicyclic) bond motifs is 1. The Bertz CT molecular complexity index is 1120. The van der Waals surface area contributed by atoms with Crippen molar-refractivity contribution in [1.82, 2.24) is 25.0 Å². The highest BCUT2D eigenvalue weighted by molar-refractivity contribution is 6.04. The van der Waals surface area contributed by atoms with E-state index in [0.29, 0.717) is 28.5 Å². The summed E-state index contributed by atoms with van der Waals surface area (Å²) in [6, 6.07) is 7.83. The first-order chi connectivity index (χ1) is 13.3. The zero-order chi connectivity index (χ0) is 20.1. The molecule has 2 aromatic heterocycles. The Kier molecular flexibility index (Phi) is 4.02. The van der Waals surface area contributed by atoms with Crippen LogP contribution in [0.15, 0.2) is 30.3 Å². The standard InChI is InChI=1S/C19H17FN6O2/c1-10(27)14-8-13(25-26(14)9-11-6-4-5-7-12(11)20)16-21-17-15(23-24-16)19(2,3)18(28)22-17/h4-8H,9H2,1-3H3,(H,21,22,24,28). The molecule has 3 aromatic rings. The molecule has 0 unspecified atom stereocenters. The Morgan fingerprint density at radius 3 is 2.71 bits per heavy atom. The molecule has 142 valence electrons. The minimum Gasteiger partial charge on any atom is -0.308 e. The van der Waals surface area contributed by atoms with Gasteiger partial charge < -0.3 is 5.32 Å². The van der Waals surface area contributed by atoms with Gasteiger partial charge in [0.1, 0.15) is 22.9 Å². The monoisotopic (exact) mass is 380 g/mol. The zero-order valence-electron chi connectivity index (χ0n) is 15.5. The van der Waals surface area contributed by atoms with Crippen LogP contribution in [0.4, 0.5) is 10.2 Å². The number of amides is 1. The number of rotatable bonds is 4. The molecule has 1 aliphatic heterocycles. The maximum absolute atomic E-state index is 14.0. The van der Waals surface area contributed by atoms with Crippen molar-refractivity contribution in [2.45, 2.75) is 32.7 Å². The van der Waals surface area contributed by atoms with Crippen molar-refractivity contribution in [1.29, 1.82) is 0 Å². The van der Waals surface area contributed by atoms with E-state index in [1.54, 1.807) is 32.0 Å². The third kappa shape index (κ3) is 2.84. The molecule has 0 atom stereocenters. The molecule has 1 N–H and O–H groups in total. The van der Waals surface area contributed by atoms with Crippen LogP contribution in [0.25, 0.3) is 11.5 Å². The van der Waals surface area contributed by atoms with E-state index < -0.39 is 5.41 Å². The number of benzene rings is 1. The number of hydrogen-bond acceptors (Lipinski definition) is 6. The van der Waals surface area contributed by atoms with Crippen LogP contribution in [-0.2, 0) is 16.8 Å². The number of ketones is 1. The highest BCUT2D eigenvalue weighted by Gasteiger charge is 2.42. The van der Waals surface area contributed by atoms with E-state index in [4.69, 9.17) is 0 Å². The summed E-state index contributed by atoms with van der Waals surface area (Å²) < 4.78 is 15.4. The quantitative estimate of drug-likeness (QED) is 0.697. The summed E-state index contributed by atoms with van der Waals surface area (Å²) in [5.41, 5.74) is 0.658. The summed E-state index contributed by atoms with van der Waals surface area (Å²) >= 11 is 0. The van der Waals surface area contributed by atoms with Crippen molar-refractivity contribution < 1.29 is 14.0 Å². The van der Waals surface area contributed by atoms with Gasteiger partial charge in [-0.1, -0.05) is 18.2 Å². The second kappa shape index (κ2) is 6.29. The van der Waals surface area contributed by atoms with E-state index in [1.807, 2.05) is 0 Å². The fraction of sp³-hybridized carbons (Fsp3) is 0.263. The van der Waals surface area contributed by atoms with Gasteiger partial charge in [0.15, 0.2) is 11.6 Å². The van der Waals surface area contributed by atoms with Gasteiger partial charge in [-0.15, -0.1) is 10.2 Å². The summed E-state index contributed by atoms with van der Waals surface area (Å²) in [6.07, 6.45) is 0. The van der Waals surface area contributed by atoms with Crippen LogP contribution < -0.4 is 5.32 Å². The van der Waals surface area contributed by atoms with Crippen LogP contribution in [0.3, 0.4) is 0 Å². The van der Waals surface area contributed by atoms with Crippen molar-refractivity contribution in [3.63, 3.8) is 0 Å². The number of hydrogen-bond donors (Lipinski definition) is 1. The molecule has 0 saturated carbocycles. The number of aromatic nitrogens is 5. The van der Waals surface area contributed by atoms with Crippen molar-refractivity contribution in [3.05, 3.63) is 53.1 Å². The number of nitrogens with one attached hydrogen (secondary N) is 1. The van der Waals surface area contributed by atoms with E-state index >= 15 is 0 Å². The molecule has 0 bridgehead atoms. The van der Waals surface area contributed by atoms with Crippen molar-refractivity contribution in [2.24, 2.45) is 0 Å². The topological polar surface area (TPSA) is 103 Å². The Balaban J connectivity index is 1.74. The molecular formula is C19H17FN6O2. The van der Waals surface area contributed by atoms with Crippen LogP contribution in [0.5, 0.6) is 0 Å². The third-order valence-corrected chi connectivity index (χ3v) is 4.73. The number of Topliss-reactive ketones (excluding diaryl/α,β-unsaturated/α-hetero) is 1. The van der Waals surface area contributed by atoms with Crippen molar-refractivity contribution >= 4 is 17.5 Å². The molecule has 9 heteroatoms. The fourth-order valence-electron chi connectivity index (χ4n) is 3.03. The van der Waals surface area contributed by atoms with E-state index in [1.165, 1.54) is 23.7 Å². The highest BCUT2D eigenvalue weighted by atomic mass is 19.1. The average Bonchev–Trinajstić information content (AvgIpc) is 3.16. The van der Waals surface area contributed by atoms with E-state index in [9.17, 15) is 14.0 Å². The van der Waals surface area contributed by atoms with Gasteiger partial charge in [-0.2, -0.15) is 5.10 Å². The van der Waals surface area contributed by atoms with E-state index in [0.717, 1.165) is 0 Å². The Hall–Kier alpha value is -3.49. The van der Waals surface area contributed by atoms with Crippen molar-refractivity contribution in [2.75, 3.05) is 5.32 Å². The number of anilines is 1. The summed E-state index contributed by atoms with van der Waals surface area (Å²) in [7, 11) is 0. The van der Waals surface area contributed by atoms with Crippen LogP contribution >= 0.6 is 0 Å². The Labute approximate surface area is 159 Å². The van der Waals surface area contributed by atoms with Gasteiger partial charge in [0.25, 0.3) is 0 Å². The predicted molar refractivity (Wildman–Crippen MR) is 98.2 cm³/mol. The lowest BCUT2D eigenvalue weighted by Gasteiger charge is -2.11. The first-order valence-corrected chi connectivity index (χ1v) is 8.66. The average molecular weight is 380 g/mol. The van der Waals surface area contributed by atoms with Crippen LogP contribution in [0.2, 0.25) is 0 Å². The molecule has 1 amide bonds. The second-order valence-electron chi connectivity index (χ2n) is 7.13. The van der Waals surface area contributed by atoms with Gasteiger partial charge in [-0.3, -0.25) is 14.3 Å². The summed E-state index contributed by atoms with van der Waals surface area (Å²) in [5, 5.41) is 15.3. The normalized spacial score (nSPS) is 14.6. The molecule has 28 heavy (non-hydrogen) atoms. The lowest BCUT2D eigenvalue weighted by molar-refractivity contribution is -0.119. The van der Waals surface area contributed by atoms with E-state index in [2.05, 4.69) is 25.6 Å². The zero-order valence-corrected chi connectivity index (χ0v) is 15.5. The fourth-order valence-corrected chi connectivity index (χ4v) is 3.03. The summed E-state index contributed by atoms with van der Waals surface area (Å²) in [6.45, 7) is 4.97. The molecule has 1 aliphatic rings. The SMILES string of the molecule is CC(=O)c1cc(-c2nnc3c(n2)NC(=O)C3(C)C)nn1Cc1ccccc1F. The molecule has 0 fully saturated rings. The maximum Gasteiger partial charge on any atom is 0.237 e. The first-order valence-electron chi connectivity index (χ1n) is 8.66. The van der Waals surface area contributed by atoms with Crippen LogP contribution in [-0.4, -0.2) is 36.7 Å². The van der Waals surface area contributed by atoms with Crippen LogP contribution in [0, 0.1) is 5.82 Å². The molecule has 3 heterocycles. The maximum atomic E-state index is 14.0. The molecular weight excluding hydrogens is 363 g/mol. The molecule has 4 rings (SSSR count).